The van der Waals surface area contributed by atoms with Crippen LogP contribution in [0.3, 0.4) is 0 Å². The zero-order chi connectivity index (χ0) is 21.4. The molecule has 158 valence electrons. The molecule has 0 spiro atoms. The first-order valence-corrected chi connectivity index (χ1v) is 9.37. The largest absolute Gasteiger partial charge is 0.496 e. The Labute approximate surface area is 168 Å². The molecule has 2 heterocycles. The first-order chi connectivity index (χ1) is 13.8. The second-order valence-electron chi connectivity index (χ2n) is 6.55. The van der Waals surface area contributed by atoms with Crippen LogP contribution < -0.4 is 10.1 Å². The number of hydrogen-bond donors (Lipinski definition) is 1. The van der Waals surface area contributed by atoms with Crippen molar-refractivity contribution in [1.29, 1.82) is 0 Å². The van der Waals surface area contributed by atoms with Crippen molar-refractivity contribution in [2.75, 3.05) is 12.4 Å². The number of halogens is 3. The Balaban J connectivity index is 0.000000221. The van der Waals surface area contributed by atoms with Crippen LogP contribution in [0.4, 0.5) is 18.9 Å². The quantitative estimate of drug-likeness (QED) is 0.760. The molecule has 3 rings (SSSR count). The van der Waals surface area contributed by atoms with Crippen molar-refractivity contribution in [3.05, 3.63) is 53.6 Å². The van der Waals surface area contributed by atoms with Gasteiger partial charge in [0.15, 0.2) is 0 Å². The smallest absolute Gasteiger partial charge is 0.270 e. The molecule has 1 N–H and O–H groups in total. The molecule has 1 aliphatic rings. The third kappa shape index (κ3) is 6.45. The highest BCUT2D eigenvalue weighted by atomic mass is 19.3. The second-order valence-corrected chi connectivity index (χ2v) is 6.55. The van der Waals surface area contributed by atoms with E-state index in [-0.39, 0.29) is 23.9 Å². The second kappa shape index (κ2) is 10.8. The molecule has 1 aromatic carbocycles. The van der Waals surface area contributed by atoms with E-state index in [4.69, 9.17) is 4.74 Å². The number of carbonyl (C=O) groups excluding carboxylic acids is 1. The van der Waals surface area contributed by atoms with Gasteiger partial charge in [-0.15, -0.1) is 0 Å². The first kappa shape index (κ1) is 22.7. The first-order valence-electron chi connectivity index (χ1n) is 9.37. The van der Waals surface area contributed by atoms with Gasteiger partial charge in [-0.05, 0) is 50.5 Å². The van der Waals surface area contributed by atoms with E-state index in [9.17, 15) is 18.0 Å². The van der Waals surface area contributed by atoms with E-state index in [1.54, 1.807) is 6.20 Å². The third-order valence-corrected chi connectivity index (χ3v) is 4.43. The van der Waals surface area contributed by atoms with Crippen LogP contribution in [-0.2, 0) is 16.0 Å². The molecule has 0 bridgehead atoms. The molecule has 0 saturated carbocycles. The van der Waals surface area contributed by atoms with Crippen molar-refractivity contribution in [3.8, 4) is 5.75 Å². The van der Waals surface area contributed by atoms with Gasteiger partial charge < -0.3 is 14.8 Å². The highest BCUT2D eigenvalue weighted by molar-refractivity contribution is 5.94. The van der Waals surface area contributed by atoms with Crippen LogP contribution in [0.2, 0.25) is 0 Å². The summed E-state index contributed by atoms with van der Waals surface area (Å²) in [7, 11) is 1.22. The van der Waals surface area contributed by atoms with Gasteiger partial charge in [0.2, 0.25) is 0 Å². The molecular formula is C21H25F3N2O3. The standard InChI is InChI=1S/C13H18N2O2.C8H7F3O/c1-3-10-5-6-11(8-14-10)15-13(16)12-7-4-9(2)17-12;1-12-6-4-2-3-5(9)7(6)8(10)11/h5-6,8-9,12H,3-4,7H2,1-2H3,(H,15,16);2-4,8H,1H3. The van der Waals surface area contributed by atoms with Crippen molar-refractivity contribution >= 4 is 11.6 Å². The molecule has 29 heavy (non-hydrogen) atoms. The number of alkyl halides is 2. The number of benzene rings is 1. The Morgan fingerprint density at radius 1 is 1.31 bits per heavy atom. The van der Waals surface area contributed by atoms with Crippen LogP contribution in [-0.4, -0.2) is 30.2 Å². The van der Waals surface area contributed by atoms with Gasteiger partial charge in [0, 0.05) is 5.69 Å². The summed E-state index contributed by atoms with van der Waals surface area (Å²) in [6, 6.07) is 7.39. The number of amides is 1. The maximum atomic E-state index is 12.7. The molecule has 1 aliphatic heterocycles. The molecule has 2 atom stereocenters. The van der Waals surface area contributed by atoms with Gasteiger partial charge in [-0.2, -0.15) is 0 Å². The van der Waals surface area contributed by atoms with Crippen molar-refractivity contribution in [2.24, 2.45) is 0 Å². The lowest BCUT2D eigenvalue weighted by atomic mass is 10.2. The summed E-state index contributed by atoms with van der Waals surface area (Å²) in [5, 5.41) is 2.83. The van der Waals surface area contributed by atoms with Crippen molar-refractivity contribution < 1.29 is 27.4 Å². The highest BCUT2D eigenvalue weighted by Gasteiger charge is 2.28. The number of rotatable bonds is 5. The number of anilines is 1. The Morgan fingerprint density at radius 2 is 2.07 bits per heavy atom. The maximum absolute atomic E-state index is 12.7. The van der Waals surface area contributed by atoms with Crippen LogP contribution >= 0.6 is 0 Å². The molecule has 1 aromatic heterocycles. The Kier molecular flexibility index (Phi) is 8.45. The summed E-state index contributed by atoms with van der Waals surface area (Å²) >= 11 is 0. The summed E-state index contributed by atoms with van der Waals surface area (Å²) < 4.78 is 47.1. The zero-order valence-corrected chi connectivity index (χ0v) is 16.6. The number of nitrogens with zero attached hydrogens (tertiary/aromatic N) is 1. The van der Waals surface area contributed by atoms with Gasteiger partial charge in [-0.1, -0.05) is 13.0 Å². The van der Waals surface area contributed by atoms with E-state index >= 15 is 0 Å². The molecular weight excluding hydrogens is 385 g/mol. The number of aryl methyl sites for hydroxylation is 1. The van der Waals surface area contributed by atoms with Crippen molar-refractivity contribution in [1.82, 2.24) is 4.98 Å². The van der Waals surface area contributed by atoms with E-state index < -0.39 is 17.8 Å². The summed E-state index contributed by atoms with van der Waals surface area (Å²) in [6.45, 7) is 4.04. The number of carbonyl (C=O) groups is 1. The van der Waals surface area contributed by atoms with Gasteiger partial charge in [-0.3, -0.25) is 9.78 Å². The lowest BCUT2D eigenvalue weighted by Crippen LogP contribution is -2.27. The number of pyridine rings is 1. The maximum Gasteiger partial charge on any atom is 0.270 e. The lowest BCUT2D eigenvalue weighted by molar-refractivity contribution is -0.126. The molecule has 1 amide bonds. The van der Waals surface area contributed by atoms with Crippen LogP contribution in [0, 0.1) is 5.82 Å². The SMILES string of the molecule is CCc1ccc(NC(=O)C2CCC(C)O2)cn1.COc1cccc(F)c1C(F)F. The summed E-state index contributed by atoms with van der Waals surface area (Å²) in [5.74, 6) is -1.13. The Morgan fingerprint density at radius 3 is 2.55 bits per heavy atom. The van der Waals surface area contributed by atoms with Crippen molar-refractivity contribution in [2.45, 2.75) is 51.7 Å². The monoisotopic (exact) mass is 410 g/mol. The van der Waals surface area contributed by atoms with Crippen LogP contribution in [0.25, 0.3) is 0 Å². The number of methoxy groups -OCH3 is 1. The normalized spacial score (nSPS) is 18.2. The molecule has 5 nitrogen and oxygen atoms in total. The van der Waals surface area contributed by atoms with E-state index in [2.05, 4.69) is 15.0 Å². The Hall–Kier alpha value is -2.61. The van der Waals surface area contributed by atoms with E-state index in [1.807, 2.05) is 26.0 Å². The van der Waals surface area contributed by atoms with Gasteiger partial charge in [-0.25, -0.2) is 13.2 Å². The molecule has 8 heteroatoms. The highest BCUT2D eigenvalue weighted by Crippen LogP contribution is 2.30. The predicted molar refractivity (Wildman–Crippen MR) is 104 cm³/mol. The van der Waals surface area contributed by atoms with Gasteiger partial charge in [0.25, 0.3) is 12.3 Å². The molecule has 0 aliphatic carbocycles. The molecule has 2 unspecified atom stereocenters. The molecule has 2 aromatic rings. The minimum Gasteiger partial charge on any atom is -0.496 e. The number of hydrogen-bond acceptors (Lipinski definition) is 4. The third-order valence-electron chi connectivity index (χ3n) is 4.43. The minimum absolute atomic E-state index is 0.0691. The number of aromatic nitrogens is 1. The van der Waals surface area contributed by atoms with E-state index in [1.165, 1.54) is 19.2 Å². The van der Waals surface area contributed by atoms with E-state index in [0.29, 0.717) is 0 Å². The molecule has 0 radical (unpaired) electrons. The van der Waals surface area contributed by atoms with Gasteiger partial charge in [0.05, 0.1) is 30.7 Å². The summed E-state index contributed by atoms with van der Waals surface area (Å²) in [4.78, 5) is 16.1. The van der Waals surface area contributed by atoms with E-state index in [0.717, 1.165) is 36.7 Å². The van der Waals surface area contributed by atoms with Gasteiger partial charge in [0.1, 0.15) is 17.7 Å². The van der Waals surface area contributed by atoms with Crippen LogP contribution in [0.5, 0.6) is 5.75 Å². The minimum atomic E-state index is -2.85. The average molecular weight is 410 g/mol. The summed E-state index contributed by atoms with van der Waals surface area (Å²) in [5.41, 5.74) is 1.07. The Bertz CT molecular complexity index is 800. The lowest BCUT2D eigenvalue weighted by Gasteiger charge is -2.11. The fraction of sp³-hybridized carbons (Fsp3) is 0.429. The zero-order valence-electron chi connectivity index (χ0n) is 16.6. The average Bonchev–Trinajstić information content (AvgIpc) is 3.15. The van der Waals surface area contributed by atoms with Crippen LogP contribution in [0.15, 0.2) is 36.5 Å². The molecule has 1 fully saturated rings. The predicted octanol–water partition coefficient (Wildman–Crippen LogP) is 4.92. The number of nitrogens with one attached hydrogen (secondary N) is 1. The van der Waals surface area contributed by atoms with Gasteiger partial charge >= 0.3 is 0 Å². The topological polar surface area (TPSA) is 60.5 Å². The fourth-order valence-electron chi connectivity index (χ4n) is 2.83. The van der Waals surface area contributed by atoms with Crippen molar-refractivity contribution in [3.63, 3.8) is 0 Å². The fourth-order valence-corrected chi connectivity index (χ4v) is 2.83. The van der Waals surface area contributed by atoms with Crippen LogP contribution in [0.1, 0.15) is 44.4 Å². The summed E-state index contributed by atoms with van der Waals surface area (Å²) in [6.07, 6.45) is 1.37. The molecule has 1 saturated heterocycles. The number of ether oxygens (including phenoxy) is 2.